The van der Waals surface area contributed by atoms with E-state index in [1.54, 1.807) is 6.07 Å². The van der Waals surface area contributed by atoms with Crippen LogP contribution < -0.4 is 16.0 Å². The fourth-order valence-electron chi connectivity index (χ4n) is 2.03. The van der Waals surface area contributed by atoms with Crippen LogP contribution in [-0.2, 0) is 0 Å². The summed E-state index contributed by atoms with van der Waals surface area (Å²) in [6.07, 6.45) is 0.943. The van der Waals surface area contributed by atoms with Crippen molar-refractivity contribution < 1.29 is 4.39 Å². The molecule has 0 spiro atoms. The maximum absolute atomic E-state index is 12.7. The number of halogens is 1. The molecule has 0 radical (unpaired) electrons. The zero-order valence-electron chi connectivity index (χ0n) is 9.95. The zero-order valence-corrected chi connectivity index (χ0v) is 10.8. The lowest BCUT2D eigenvalue weighted by molar-refractivity contribution is 0.562. The Labute approximate surface area is 112 Å². The molecule has 19 heavy (non-hydrogen) atoms. The summed E-state index contributed by atoms with van der Waals surface area (Å²) < 4.78 is 12.7. The molecule has 3 N–H and O–H groups in total. The van der Waals surface area contributed by atoms with Gasteiger partial charge in [0.1, 0.15) is 0 Å². The van der Waals surface area contributed by atoms with Crippen LogP contribution in [0.1, 0.15) is 6.42 Å². The molecule has 9 heteroatoms. The molecule has 2 aromatic rings. The van der Waals surface area contributed by atoms with E-state index in [2.05, 4.69) is 30.6 Å². The fourth-order valence-corrected chi connectivity index (χ4v) is 2.62. The van der Waals surface area contributed by atoms with Crippen molar-refractivity contribution in [3.05, 3.63) is 18.1 Å². The quantitative estimate of drug-likeness (QED) is 0.857. The second-order valence-corrected chi connectivity index (χ2v) is 5.24. The van der Waals surface area contributed by atoms with E-state index in [0.29, 0.717) is 10.9 Å². The Morgan fingerprint density at radius 1 is 1.32 bits per heavy atom. The molecule has 3 rings (SSSR count). The second-order valence-electron chi connectivity index (χ2n) is 4.24. The van der Waals surface area contributed by atoms with Crippen LogP contribution in [0.2, 0.25) is 0 Å². The number of hydrogen-bond donors (Lipinski definition) is 2. The fraction of sp³-hybridized carbons (Fsp3) is 0.400. The highest BCUT2D eigenvalue weighted by atomic mass is 32.1. The molecule has 1 saturated heterocycles. The highest BCUT2D eigenvalue weighted by molar-refractivity contribution is 7.18. The van der Waals surface area contributed by atoms with Gasteiger partial charge < -0.3 is 16.0 Å². The van der Waals surface area contributed by atoms with Gasteiger partial charge in [0, 0.05) is 19.1 Å². The largest absolute Gasteiger partial charge is 0.374 e. The number of nitrogens with zero attached hydrogens (tertiary/aromatic N) is 5. The topological polar surface area (TPSA) is 92.8 Å². The first-order valence-electron chi connectivity index (χ1n) is 5.80. The normalized spacial score (nSPS) is 18.8. The Morgan fingerprint density at radius 2 is 2.21 bits per heavy atom. The minimum absolute atomic E-state index is 0.249. The number of nitrogen functional groups attached to an aromatic ring is 1. The average molecular weight is 281 g/mol. The lowest BCUT2D eigenvalue weighted by Crippen LogP contribution is -2.26. The molecule has 1 aliphatic heterocycles. The van der Waals surface area contributed by atoms with Crippen LogP contribution in [0, 0.1) is 5.95 Å². The van der Waals surface area contributed by atoms with Crippen LogP contribution in [0.25, 0.3) is 0 Å². The smallest absolute Gasteiger partial charge is 0.233 e. The van der Waals surface area contributed by atoms with E-state index in [-0.39, 0.29) is 6.04 Å². The molecule has 0 unspecified atom stereocenters. The highest BCUT2D eigenvalue weighted by Crippen LogP contribution is 2.22. The molecule has 100 valence electrons. The third-order valence-electron chi connectivity index (χ3n) is 2.90. The molecule has 3 heterocycles. The van der Waals surface area contributed by atoms with Gasteiger partial charge in [-0.3, -0.25) is 0 Å². The number of nitrogens with one attached hydrogen (secondary N) is 1. The summed E-state index contributed by atoms with van der Waals surface area (Å²) in [4.78, 5) is 2.05. The molecule has 0 bridgehead atoms. The maximum atomic E-state index is 12.7. The SMILES string of the molecule is Nc1nnc(N[C@@H]2CCN(c3ccc(F)nn3)C2)s1. The minimum atomic E-state index is -0.568. The summed E-state index contributed by atoms with van der Waals surface area (Å²) in [6.45, 7) is 1.60. The Balaban J connectivity index is 1.62. The number of anilines is 3. The zero-order chi connectivity index (χ0) is 13.2. The van der Waals surface area contributed by atoms with Crippen LogP contribution >= 0.6 is 11.3 Å². The Hall–Kier alpha value is -2.03. The molecular formula is C10H12FN7S. The molecule has 1 atom stereocenters. The standard InChI is InChI=1S/C10H12FN7S/c11-7-1-2-8(15-14-7)18-4-3-6(5-18)13-10-17-16-9(12)19-10/h1-2,6H,3-5H2,(H2,12,16)(H,13,17)/t6-/m1/s1. The third-order valence-corrected chi connectivity index (χ3v) is 3.58. The first-order valence-corrected chi connectivity index (χ1v) is 6.62. The van der Waals surface area contributed by atoms with Gasteiger partial charge in [0.15, 0.2) is 5.82 Å². The summed E-state index contributed by atoms with van der Waals surface area (Å²) in [7, 11) is 0. The lowest BCUT2D eigenvalue weighted by Gasteiger charge is -2.16. The van der Waals surface area contributed by atoms with Crippen molar-refractivity contribution in [2.24, 2.45) is 0 Å². The molecule has 0 amide bonds. The average Bonchev–Trinajstić information content (AvgIpc) is 3.00. The Bertz CT molecular complexity index is 557. The van der Waals surface area contributed by atoms with Crippen LogP contribution in [0.15, 0.2) is 12.1 Å². The molecule has 0 saturated carbocycles. The van der Waals surface area contributed by atoms with Gasteiger partial charge >= 0.3 is 0 Å². The van der Waals surface area contributed by atoms with Crippen molar-refractivity contribution in [1.82, 2.24) is 20.4 Å². The maximum Gasteiger partial charge on any atom is 0.233 e. The predicted octanol–water partition coefficient (Wildman–Crippen LogP) is 0.740. The van der Waals surface area contributed by atoms with Crippen molar-refractivity contribution in [1.29, 1.82) is 0 Å². The van der Waals surface area contributed by atoms with Gasteiger partial charge in [0.05, 0.1) is 0 Å². The summed E-state index contributed by atoms with van der Waals surface area (Å²) >= 11 is 1.32. The van der Waals surface area contributed by atoms with Crippen LogP contribution in [0.4, 0.5) is 20.5 Å². The third kappa shape index (κ3) is 2.70. The first kappa shape index (κ1) is 12.0. The number of aromatic nitrogens is 4. The summed E-state index contributed by atoms with van der Waals surface area (Å²) in [5.41, 5.74) is 5.53. The van der Waals surface area contributed by atoms with Crippen molar-refractivity contribution in [3.8, 4) is 0 Å². The minimum Gasteiger partial charge on any atom is -0.374 e. The van der Waals surface area contributed by atoms with E-state index in [0.717, 1.165) is 24.6 Å². The molecule has 0 aromatic carbocycles. The Kier molecular flexibility index (Phi) is 3.11. The lowest BCUT2D eigenvalue weighted by atomic mass is 10.3. The van der Waals surface area contributed by atoms with E-state index >= 15 is 0 Å². The van der Waals surface area contributed by atoms with Crippen molar-refractivity contribution >= 4 is 27.4 Å². The van der Waals surface area contributed by atoms with E-state index in [4.69, 9.17) is 5.73 Å². The van der Waals surface area contributed by atoms with Crippen molar-refractivity contribution in [3.63, 3.8) is 0 Å². The summed E-state index contributed by atoms with van der Waals surface area (Å²) in [5, 5.41) is 19.4. The van der Waals surface area contributed by atoms with Gasteiger partial charge in [-0.05, 0) is 18.6 Å². The predicted molar refractivity (Wildman–Crippen MR) is 70.6 cm³/mol. The highest BCUT2D eigenvalue weighted by Gasteiger charge is 2.24. The van der Waals surface area contributed by atoms with Crippen molar-refractivity contribution in [2.45, 2.75) is 12.5 Å². The van der Waals surface area contributed by atoms with Crippen LogP contribution in [0.3, 0.4) is 0 Å². The molecule has 7 nitrogen and oxygen atoms in total. The number of hydrogen-bond acceptors (Lipinski definition) is 8. The van der Waals surface area contributed by atoms with Gasteiger partial charge in [-0.25, -0.2) is 0 Å². The second kappa shape index (κ2) is 4.92. The van der Waals surface area contributed by atoms with Gasteiger partial charge in [-0.2, -0.15) is 4.39 Å². The van der Waals surface area contributed by atoms with Gasteiger partial charge in [0.25, 0.3) is 0 Å². The van der Waals surface area contributed by atoms with Gasteiger partial charge in [-0.15, -0.1) is 20.4 Å². The van der Waals surface area contributed by atoms with Gasteiger partial charge in [-0.1, -0.05) is 11.3 Å². The van der Waals surface area contributed by atoms with Crippen LogP contribution in [0.5, 0.6) is 0 Å². The molecule has 0 aliphatic carbocycles. The number of rotatable bonds is 3. The van der Waals surface area contributed by atoms with Gasteiger partial charge in [0.2, 0.25) is 16.2 Å². The number of nitrogens with two attached hydrogens (primary N) is 1. The monoisotopic (exact) mass is 281 g/mol. The molecule has 1 aliphatic rings. The molecular weight excluding hydrogens is 269 g/mol. The van der Waals surface area contributed by atoms with E-state index in [9.17, 15) is 4.39 Å². The van der Waals surface area contributed by atoms with Crippen LogP contribution in [-0.4, -0.2) is 39.5 Å². The summed E-state index contributed by atoms with van der Waals surface area (Å²) in [6, 6.07) is 3.20. The van der Waals surface area contributed by atoms with E-state index in [1.165, 1.54) is 17.4 Å². The summed E-state index contributed by atoms with van der Waals surface area (Å²) in [5.74, 6) is 0.115. The molecule has 2 aromatic heterocycles. The van der Waals surface area contributed by atoms with E-state index in [1.807, 2.05) is 0 Å². The Morgan fingerprint density at radius 3 is 2.89 bits per heavy atom. The van der Waals surface area contributed by atoms with Crippen molar-refractivity contribution in [2.75, 3.05) is 29.0 Å². The van der Waals surface area contributed by atoms with E-state index < -0.39 is 5.95 Å². The first-order chi connectivity index (χ1) is 9.20. The molecule has 1 fully saturated rings.